The Morgan fingerprint density at radius 2 is 1.65 bits per heavy atom. The lowest BCUT2D eigenvalue weighted by atomic mass is 10.1. The molecule has 0 unspecified atom stereocenters. The normalized spacial score (nSPS) is 9.85. The van der Waals surface area contributed by atoms with Gasteiger partial charge in [0.1, 0.15) is 6.33 Å². The second-order valence-corrected chi connectivity index (χ2v) is 4.67. The van der Waals surface area contributed by atoms with Gasteiger partial charge in [-0.3, -0.25) is 0 Å². The van der Waals surface area contributed by atoms with Crippen molar-refractivity contribution in [3.63, 3.8) is 0 Å². The van der Waals surface area contributed by atoms with Crippen molar-refractivity contribution >= 4 is 10.9 Å². The molecule has 1 aromatic heterocycles. The molecule has 3 aromatic rings. The molecule has 2 heteroatoms. The van der Waals surface area contributed by atoms with Crippen LogP contribution in [-0.2, 0) is 6.42 Å². The third-order valence-electron chi connectivity index (χ3n) is 3.08. The molecule has 102 valence electrons. The number of aryl methyl sites for hydroxylation is 1. The summed E-state index contributed by atoms with van der Waals surface area (Å²) in [6, 6.07) is 18.6. The Morgan fingerprint density at radius 3 is 2.40 bits per heavy atom. The summed E-state index contributed by atoms with van der Waals surface area (Å²) in [5, 5.41) is 1.09. The third-order valence-corrected chi connectivity index (χ3v) is 3.08. The first-order chi connectivity index (χ1) is 9.90. The molecule has 3 rings (SSSR count). The molecule has 0 amide bonds. The van der Waals surface area contributed by atoms with Gasteiger partial charge >= 0.3 is 0 Å². The molecule has 0 aliphatic carbocycles. The maximum atomic E-state index is 4.07. The van der Waals surface area contributed by atoms with Crippen LogP contribution in [0.3, 0.4) is 0 Å². The lowest BCUT2D eigenvalue weighted by molar-refractivity contribution is 0.795. The van der Waals surface area contributed by atoms with E-state index in [4.69, 9.17) is 0 Å². The predicted octanol–water partition coefficient (Wildman–Crippen LogP) is 4.66. The molecule has 0 radical (unpaired) electrons. The van der Waals surface area contributed by atoms with E-state index in [1.54, 1.807) is 6.33 Å². The van der Waals surface area contributed by atoms with Crippen LogP contribution in [0.25, 0.3) is 10.9 Å². The highest BCUT2D eigenvalue weighted by Gasteiger charge is 1.88. The van der Waals surface area contributed by atoms with E-state index in [1.807, 2.05) is 30.5 Å². The van der Waals surface area contributed by atoms with Gasteiger partial charge in [-0.25, -0.2) is 9.97 Å². The number of fused-ring (bicyclic) bond motifs is 1. The van der Waals surface area contributed by atoms with Gasteiger partial charge in [-0.1, -0.05) is 61.9 Å². The van der Waals surface area contributed by atoms with Crippen LogP contribution in [0.2, 0.25) is 0 Å². The van der Waals surface area contributed by atoms with Gasteiger partial charge in [0.15, 0.2) is 0 Å². The van der Waals surface area contributed by atoms with Crippen molar-refractivity contribution in [3.8, 4) is 0 Å². The monoisotopic (exact) mass is 264 g/mol. The highest BCUT2D eigenvalue weighted by molar-refractivity contribution is 5.76. The van der Waals surface area contributed by atoms with Crippen molar-refractivity contribution in [1.82, 2.24) is 9.97 Å². The average molecular weight is 264 g/mol. The van der Waals surface area contributed by atoms with Crippen LogP contribution in [0.15, 0.2) is 67.1 Å². The van der Waals surface area contributed by atoms with Gasteiger partial charge in [-0.2, -0.15) is 0 Å². The first kappa shape index (κ1) is 14.2. The maximum Gasteiger partial charge on any atom is 0.116 e. The summed E-state index contributed by atoms with van der Waals surface area (Å²) >= 11 is 0. The Hall–Kier alpha value is -2.22. The van der Waals surface area contributed by atoms with E-state index >= 15 is 0 Å². The van der Waals surface area contributed by atoms with Crippen LogP contribution < -0.4 is 0 Å². The van der Waals surface area contributed by atoms with Crippen molar-refractivity contribution in [2.75, 3.05) is 0 Å². The molecule has 0 fully saturated rings. The fraction of sp³-hybridized carbons (Fsp3) is 0.222. The minimum atomic E-state index is 0.998. The van der Waals surface area contributed by atoms with E-state index < -0.39 is 0 Å². The van der Waals surface area contributed by atoms with Gasteiger partial charge in [0.25, 0.3) is 0 Å². The minimum Gasteiger partial charge on any atom is -0.244 e. The van der Waals surface area contributed by atoms with Crippen LogP contribution in [0, 0.1) is 0 Å². The fourth-order valence-electron chi connectivity index (χ4n) is 1.95. The molecule has 0 N–H and O–H groups in total. The summed E-state index contributed by atoms with van der Waals surface area (Å²) in [5.74, 6) is 0. The maximum absolute atomic E-state index is 4.07. The Morgan fingerprint density at radius 1 is 0.900 bits per heavy atom. The van der Waals surface area contributed by atoms with E-state index in [0.29, 0.717) is 0 Å². The number of hydrogen-bond acceptors (Lipinski definition) is 2. The van der Waals surface area contributed by atoms with Gasteiger partial charge in [0.05, 0.1) is 5.52 Å². The number of para-hydroxylation sites is 1. The number of rotatable bonds is 3. The summed E-state index contributed by atoms with van der Waals surface area (Å²) in [7, 11) is 0. The zero-order valence-electron chi connectivity index (χ0n) is 11.9. The molecule has 0 saturated carbocycles. The topological polar surface area (TPSA) is 25.8 Å². The van der Waals surface area contributed by atoms with Crippen molar-refractivity contribution < 1.29 is 0 Å². The van der Waals surface area contributed by atoms with E-state index in [1.165, 1.54) is 24.8 Å². The molecule has 1 heterocycles. The highest BCUT2D eigenvalue weighted by atomic mass is 14.8. The molecule has 0 saturated heterocycles. The molecule has 2 aromatic carbocycles. The number of hydrogen-bond donors (Lipinski definition) is 0. The van der Waals surface area contributed by atoms with Crippen molar-refractivity contribution in [1.29, 1.82) is 0 Å². The first-order valence-electron chi connectivity index (χ1n) is 7.09. The van der Waals surface area contributed by atoms with Crippen LogP contribution in [0.5, 0.6) is 0 Å². The van der Waals surface area contributed by atoms with E-state index in [9.17, 15) is 0 Å². The molecular weight excluding hydrogens is 244 g/mol. The Kier molecular flexibility index (Phi) is 5.71. The molecule has 0 aliphatic heterocycles. The summed E-state index contributed by atoms with van der Waals surface area (Å²) in [6.45, 7) is 2.23. The molecule has 20 heavy (non-hydrogen) atoms. The van der Waals surface area contributed by atoms with Crippen LogP contribution >= 0.6 is 0 Å². The van der Waals surface area contributed by atoms with E-state index in [-0.39, 0.29) is 0 Å². The first-order valence-corrected chi connectivity index (χ1v) is 7.09. The highest BCUT2D eigenvalue weighted by Crippen LogP contribution is 2.06. The number of unbranched alkanes of at least 4 members (excludes halogenated alkanes) is 1. The summed E-state index contributed by atoms with van der Waals surface area (Å²) < 4.78 is 0. The quantitative estimate of drug-likeness (QED) is 0.687. The third kappa shape index (κ3) is 4.47. The van der Waals surface area contributed by atoms with Crippen LogP contribution in [-0.4, -0.2) is 9.97 Å². The molecule has 0 spiro atoms. The number of benzene rings is 2. The Bertz CT molecular complexity index is 555. The molecule has 0 atom stereocenters. The molecule has 2 nitrogen and oxygen atoms in total. The van der Waals surface area contributed by atoms with Gasteiger partial charge in [0, 0.05) is 11.6 Å². The molecule has 0 aliphatic rings. The lowest BCUT2D eigenvalue weighted by Crippen LogP contribution is -1.81. The second-order valence-electron chi connectivity index (χ2n) is 4.67. The minimum absolute atomic E-state index is 0.998. The Labute approximate surface area is 120 Å². The van der Waals surface area contributed by atoms with Gasteiger partial charge in [0.2, 0.25) is 0 Å². The predicted molar refractivity (Wildman–Crippen MR) is 84.6 cm³/mol. The van der Waals surface area contributed by atoms with Gasteiger partial charge in [-0.15, -0.1) is 0 Å². The number of nitrogens with zero attached hydrogens (tertiary/aromatic N) is 2. The van der Waals surface area contributed by atoms with Gasteiger partial charge < -0.3 is 0 Å². The van der Waals surface area contributed by atoms with E-state index in [0.717, 1.165) is 10.9 Å². The second kappa shape index (κ2) is 8.05. The molecule has 0 bridgehead atoms. The fourth-order valence-corrected chi connectivity index (χ4v) is 1.95. The van der Waals surface area contributed by atoms with Crippen LogP contribution in [0.4, 0.5) is 0 Å². The largest absolute Gasteiger partial charge is 0.244 e. The summed E-state index contributed by atoms with van der Waals surface area (Å²) in [6.07, 6.45) is 7.20. The SMILES string of the molecule is CCCCc1ccccc1.c1ccc2ncncc2c1. The summed E-state index contributed by atoms with van der Waals surface area (Å²) in [5.41, 5.74) is 2.46. The zero-order valence-corrected chi connectivity index (χ0v) is 11.9. The van der Waals surface area contributed by atoms with Crippen molar-refractivity contribution in [2.45, 2.75) is 26.2 Å². The smallest absolute Gasteiger partial charge is 0.116 e. The molecular formula is C18H20N2. The van der Waals surface area contributed by atoms with Gasteiger partial charge in [-0.05, 0) is 24.5 Å². The van der Waals surface area contributed by atoms with Crippen LogP contribution in [0.1, 0.15) is 25.3 Å². The Balaban J connectivity index is 0.000000147. The lowest BCUT2D eigenvalue weighted by Gasteiger charge is -1.96. The zero-order chi connectivity index (χ0) is 14.0. The van der Waals surface area contributed by atoms with E-state index in [2.05, 4.69) is 47.2 Å². The summed E-state index contributed by atoms with van der Waals surface area (Å²) in [4.78, 5) is 7.97. The standard InChI is InChI=1S/C10H14.C8H6N2/c1-2-3-7-10-8-5-4-6-9-10;1-2-4-8-7(3-1)5-9-6-10-8/h4-6,8-9H,2-3,7H2,1H3;1-6H. The average Bonchev–Trinajstić information content (AvgIpc) is 2.55. The van der Waals surface area contributed by atoms with Crippen molar-refractivity contribution in [3.05, 3.63) is 72.7 Å². The number of aromatic nitrogens is 2. The van der Waals surface area contributed by atoms with Crippen molar-refractivity contribution in [2.24, 2.45) is 0 Å².